The van der Waals surface area contributed by atoms with Gasteiger partial charge in [0.25, 0.3) is 0 Å². The van der Waals surface area contributed by atoms with Crippen LogP contribution in [0.3, 0.4) is 0 Å². The van der Waals surface area contributed by atoms with Crippen LogP contribution in [0.1, 0.15) is 23.5 Å². The first-order valence-electron chi connectivity index (χ1n) is 4.86. The molecule has 1 heterocycles. The Hall–Kier alpha value is -0.600. The number of hydrogen-bond donors (Lipinski definition) is 1. The summed E-state index contributed by atoms with van der Waals surface area (Å²) in [6.07, 6.45) is 1.12. The number of hydrogen-bond acceptors (Lipinski definition) is 1. The van der Waals surface area contributed by atoms with E-state index in [1.807, 2.05) is 12.1 Å². The van der Waals surface area contributed by atoms with Crippen LogP contribution in [0.15, 0.2) is 18.2 Å². The van der Waals surface area contributed by atoms with Crippen molar-refractivity contribution in [3.8, 4) is 0 Å². The van der Waals surface area contributed by atoms with E-state index in [0.717, 1.165) is 25.1 Å². The van der Waals surface area contributed by atoms with Gasteiger partial charge in [-0.25, -0.2) is 4.39 Å². The van der Waals surface area contributed by atoms with Crippen LogP contribution in [0, 0.1) is 0 Å². The van der Waals surface area contributed by atoms with Crippen molar-refractivity contribution in [2.45, 2.75) is 19.0 Å². The maximum absolute atomic E-state index is 12.3. The molecule has 0 saturated carbocycles. The molecule has 14 heavy (non-hydrogen) atoms. The predicted molar refractivity (Wildman–Crippen MR) is 56.5 cm³/mol. The van der Waals surface area contributed by atoms with Crippen molar-refractivity contribution in [1.82, 2.24) is 5.32 Å². The van der Waals surface area contributed by atoms with Crippen molar-refractivity contribution < 1.29 is 4.39 Å². The second kappa shape index (κ2) is 4.28. The lowest BCUT2D eigenvalue weighted by atomic mass is 9.97. The van der Waals surface area contributed by atoms with Gasteiger partial charge in [0.15, 0.2) is 0 Å². The van der Waals surface area contributed by atoms with Crippen LogP contribution in [0.4, 0.5) is 4.39 Å². The molecule has 1 nitrogen and oxygen atoms in total. The molecule has 0 spiro atoms. The summed E-state index contributed by atoms with van der Waals surface area (Å²) in [6, 6.07) is 5.50. The topological polar surface area (TPSA) is 12.0 Å². The van der Waals surface area contributed by atoms with Gasteiger partial charge in [-0.1, -0.05) is 23.7 Å². The Morgan fingerprint density at radius 2 is 2.36 bits per heavy atom. The van der Waals surface area contributed by atoms with Gasteiger partial charge >= 0.3 is 0 Å². The molecule has 3 heteroatoms. The summed E-state index contributed by atoms with van der Waals surface area (Å²) >= 11 is 6.09. The number of alkyl halides is 1. The molecule has 0 amide bonds. The van der Waals surface area contributed by atoms with Crippen LogP contribution < -0.4 is 5.32 Å². The van der Waals surface area contributed by atoms with Crippen molar-refractivity contribution in [2.24, 2.45) is 0 Å². The fourth-order valence-electron chi connectivity index (χ4n) is 1.90. The first kappa shape index (κ1) is 9.94. The van der Waals surface area contributed by atoms with Gasteiger partial charge in [0.1, 0.15) is 6.67 Å². The number of benzene rings is 1. The van der Waals surface area contributed by atoms with Gasteiger partial charge in [0, 0.05) is 11.6 Å². The number of halogens is 2. The van der Waals surface area contributed by atoms with E-state index < -0.39 is 6.67 Å². The highest BCUT2D eigenvalue weighted by molar-refractivity contribution is 6.31. The van der Waals surface area contributed by atoms with Crippen molar-refractivity contribution in [3.05, 3.63) is 34.3 Å². The maximum Gasteiger partial charge on any atom is 0.115 e. The molecular weight excluding hydrogens is 201 g/mol. The molecule has 76 valence electrons. The standard InChI is InChI=1S/C11H13ClFN/c12-11-5-8(6-13)1-2-10(11)9-3-4-14-7-9/h1-2,5,9,14H,3-4,6-7H2. The van der Waals surface area contributed by atoms with E-state index in [1.54, 1.807) is 6.07 Å². The second-order valence-corrected chi connectivity index (χ2v) is 4.09. The van der Waals surface area contributed by atoms with Gasteiger partial charge in [-0.15, -0.1) is 0 Å². The average molecular weight is 214 g/mol. The zero-order valence-corrected chi connectivity index (χ0v) is 8.65. The van der Waals surface area contributed by atoms with E-state index in [-0.39, 0.29) is 0 Å². The van der Waals surface area contributed by atoms with Gasteiger partial charge in [0.05, 0.1) is 0 Å². The molecule has 1 aromatic rings. The zero-order chi connectivity index (χ0) is 9.97. The Morgan fingerprint density at radius 3 is 2.93 bits per heavy atom. The average Bonchev–Trinajstić information content (AvgIpc) is 2.70. The molecule has 0 radical (unpaired) electrons. The van der Waals surface area contributed by atoms with Crippen LogP contribution in [0.25, 0.3) is 0 Å². The summed E-state index contributed by atoms with van der Waals surface area (Å²) in [5, 5.41) is 4.00. The van der Waals surface area contributed by atoms with Crippen molar-refractivity contribution in [1.29, 1.82) is 0 Å². The molecule has 0 aliphatic carbocycles. The van der Waals surface area contributed by atoms with Crippen LogP contribution >= 0.6 is 11.6 Å². The Kier molecular flexibility index (Phi) is 3.04. The fraction of sp³-hybridized carbons (Fsp3) is 0.455. The minimum atomic E-state index is -0.442. The summed E-state index contributed by atoms with van der Waals surface area (Å²) in [7, 11) is 0. The Balaban J connectivity index is 2.25. The zero-order valence-electron chi connectivity index (χ0n) is 7.89. The summed E-state index contributed by atoms with van der Waals surface area (Å²) in [5.41, 5.74) is 1.80. The molecule has 1 unspecified atom stereocenters. The highest BCUT2D eigenvalue weighted by atomic mass is 35.5. The highest BCUT2D eigenvalue weighted by Gasteiger charge is 2.18. The normalized spacial score (nSPS) is 21.4. The summed E-state index contributed by atoms with van der Waals surface area (Å²) in [6.45, 7) is 1.59. The minimum absolute atomic E-state index is 0.442. The number of rotatable bonds is 2. The van der Waals surface area contributed by atoms with Crippen LogP contribution in [0.2, 0.25) is 5.02 Å². The van der Waals surface area contributed by atoms with Crippen molar-refractivity contribution in [2.75, 3.05) is 13.1 Å². The third kappa shape index (κ3) is 1.91. The molecule has 1 N–H and O–H groups in total. The molecule has 1 aromatic carbocycles. The Labute approximate surface area is 88.3 Å². The Bertz CT molecular complexity index is 321. The van der Waals surface area contributed by atoms with E-state index in [2.05, 4.69) is 5.32 Å². The first-order valence-corrected chi connectivity index (χ1v) is 5.24. The maximum atomic E-state index is 12.3. The smallest absolute Gasteiger partial charge is 0.115 e. The van der Waals surface area contributed by atoms with E-state index in [4.69, 9.17) is 11.6 Å². The van der Waals surface area contributed by atoms with Crippen LogP contribution in [-0.4, -0.2) is 13.1 Å². The number of nitrogens with one attached hydrogen (secondary N) is 1. The molecule has 1 aliphatic rings. The van der Waals surface area contributed by atoms with E-state index in [9.17, 15) is 4.39 Å². The molecule has 1 fully saturated rings. The third-order valence-electron chi connectivity index (χ3n) is 2.72. The molecule has 1 atom stereocenters. The molecule has 1 saturated heterocycles. The van der Waals surface area contributed by atoms with E-state index >= 15 is 0 Å². The molecule has 0 aromatic heterocycles. The highest BCUT2D eigenvalue weighted by Crippen LogP contribution is 2.29. The van der Waals surface area contributed by atoms with E-state index in [0.29, 0.717) is 16.5 Å². The quantitative estimate of drug-likeness (QED) is 0.797. The van der Waals surface area contributed by atoms with Crippen molar-refractivity contribution >= 4 is 11.6 Å². The van der Waals surface area contributed by atoms with Gasteiger partial charge in [-0.2, -0.15) is 0 Å². The molecule has 1 aliphatic heterocycles. The largest absolute Gasteiger partial charge is 0.316 e. The summed E-state index contributed by atoms with van der Waals surface area (Å²) in [4.78, 5) is 0. The van der Waals surface area contributed by atoms with Crippen molar-refractivity contribution in [3.63, 3.8) is 0 Å². The van der Waals surface area contributed by atoms with Gasteiger partial charge < -0.3 is 5.32 Å². The lowest BCUT2D eigenvalue weighted by Crippen LogP contribution is -2.08. The van der Waals surface area contributed by atoms with Gasteiger partial charge in [-0.05, 0) is 36.1 Å². The van der Waals surface area contributed by atoms with Gasteiger partial charge in [-0.3, -0.25) is 0 Å². The van der Waals surface area contributed by atoms with Crippen LogP contribution in [-0.2, 0) is 6.67 Å². The monoisotopic (exact) mass is 213 g/mol. The second-order valence-electron chi connectivity index (χ2n) is 3.68. The first-order chi connectivity index (χ1) is 6.81. The minimum Gasteiger partial charge on any atom is -0.316 e. The lowest BCUT2D eigenvalue weighted by molar-refractivity contribution is 0.485. The molecule has 0 bridgehead atoms. The van der Waals surface area contributed by atoms with Crippen LogP contribution in [0.5, 0.6) is 0 Å². The SMILES string of the molecule is FCc1ccc(C2CCNC2)c(Cl)c1. The summed E-state index contributed by atoms with van der Waals surface area (Å²) < 4.78 is 12.3. The third-order valence-corrected chi connectivity index (χ3v) is 3.05. The Morgan fingerprint density at radius 1 is 1.50 bits per heavy atom. The van der Waals surface area contributed by atoms with Gasteiger partial charge in [0.2, 0.25) is 0 Å². The lowest BCUT2D eigenvalue weighted by Gasteiger charge is -2.11. The van der Waals surface area contributed by atoms with E-state index in [1.165, 1.54) is 0 Å². The molecular formula is C11H13ClFN. The molecule has 2 rings (SSSR count). The predicted octanol–water partition coefficient (Wildman–Crippen LogP) is 2.89. The fourth-order valence-corrected chi connectivity index (χ4v) is 2.26. The summed E-state index contributed by atoms with van der Waals surface area (Å²) in [5.74, 6) is 0.496.